The average molecular weight is 289 g/mol. The molecule has 112 valence electrons. The molecule has 0 amide bonds. The molecule has 21 heavy (non-hydrogen) atoms. The van der Waals surface area contributed by atoms with Gasteiger partial charge in [0.05, 0.1) is 11.7 Å². The summed E-state index contributed by atoms with van der Waals surface area (Å²) in [5, 5.41) is 12.8. The van der Waals surface area contributed by atoms with E-state index in [1.807, 2.05) is 0 Å². The highest BCUT2D eigenvalue weighted by molar-refractivity contribution is 5.82. The highest BCUT2D eigenvalue weighted by Gasteiger charge is 2.41. The number of aliphatic carboxylic acids is 1. The van der Waals surface area contributed by atoms with Gasteiger partial charge in [0.1, 0.15) is 11.8 Å². The number of carboxylic acids is 1. The molecule has 1 fully saturated rings. The van der Waals surface area contributed by atoms with Gasteiger partial charge in [0, 0.05) is 6.54 Å². The van der Waals surface area contributed by atoms with Gasteiger partial charge in [-0.05, 0) is 31.6 Å². The third-order valence-corrected chi connectivity index (χ3v) is 4.50. The van der Waals surface area contributed by atoms with Crippen LogP contribution in [0.25, 0.3) is 11.2 Å². The minimum Gasteiger partial charge on any atom is -0.481 e. The molecule has 7 heteroatoms. The molecule has 1 aliphatic rings. The van der Waals surface area contributed by atoms with Crippen LogP contribution in [0.5, 0.6) is 0 Å². The van der Waals surface area contributed by atoms with Crippen LogP contribution in [-0.2, 0) is 4.79 Å². The summed E-state index contributed by atoms with van der Waals surface area (Å²) < 4.78 is 0. The molecule has 0 unspecified atom stereocenters. The van der Waals surface area contributed by atoms with Crippen LogP contribution in [0.15, 0.2) is 12.7 Å². The Labute approximate surface area is 122 Å². The molecule has 2 aromatic heterocycles. The van der Waals surface area contributed by atoms with E-state index in [0.717, 1.165) is 12.8 Å². The fourth-order valence-corrected chi connectivity index (χ4v) is 2.93. The number of carboxylic acid groups (broad SMARTS) is 1. The Kier molecular flexibility index (Phi) is 3.48. The summed E-state index contributed by atoms with van der Waals surface area (Å²) in [6, 6.07) is 0. The van der Waals surface area contributed by atoms with Gasteiger partial charge < -0.3 is 15.4 Å². The molecule has 0 aromatic carbocycles. The van der Waals surface area contributed by atoms with Crippen molar-refractivity contribution < 1.29 is 9.90 Å². The lowest BCUT2D eigenvalue weighted by atomic mass is 9.71. The first kappa shape index (κ1) is 13.8. The number of imidazole rings is 1. The molecule has 7 nitrogen and oxygen atoms in total. The van der Waals surface area contributed by atoms with E-state index in [1.54, 1.807) is 6.33 Å². The van der Waals surface area contributed by atoms with Crippen LogP contribution in [0.4, 0.5) is 5.82 Å². The van der Waals surface area contributed by atoms with Gasteiger partial charge in [0.25, 0.3) is 0 Å². The first-order valence-electron chi connectivity index (χ1n) is 7.22. The van der Waals surface area contributed by atoms with Crippen molar-refractivity contribution in [1.82, 2.24) is 19.9 Å². The topological polar surface area (TPSA) is 104 Å². The Bertz CT molecular complexity index is 646. The largest absolute Gasteiger partial charge is 0.481 e. The van der Waals surface area contributed by atoms with Gasteiger partial charge in [-0.25, -0.2) is 15.0 Å². The minimum atomic E-state index is -0.725. The Morgan fingerprint density at radius 3 is 2.90 bits per heavy atom. The summed E-state index contributed by atoms with van der Waals surface area (Å²) >= 11 is 0. The van der Waals surface area contributed by atoms with E-state index in [0.29, 0.717) is 42.3 Å². The second kappa shape index (κ2) is 5.31. The third-order valence-electron chi connectivity index (χ3n) is 4.50. The zero-order valence-corrected chi connectivity index (χ0v) is 12.0. The van der Waals surface area contributed by atoms with E-state index >= 15 is 0 Å². The predicted octanol–water partition coefficient (Wildman–Crippen LogP) is 2.05. The molecule has 3 rings (SSSR count). The molecule has 1 saturated carbocycles. The number of fused-ring (bicyclic) bond motifs is 1. The predicted molar refractivity (Wildman–Crippen MR) is 77.9 cm³/mol. The normalized spacial score (nSPS) is 25.9. The lowest BCUT2D eigenvalue weighted by Gasteiger charge is -2.35. The number of rotatable bonds is 4. The van der Waals surface area contributed by atoms with Crippen LogP contribution in [0.3, 0.4) is 0 Å². The molecular formula is C14H19N5O2. The SMILES string of the molecule is CC1CCC(CNc2ncnc3nc[nH]c23)(C(=O)O)CC1. The van der Waals surface area contributed by atoms with Crippen LogP contribution in [0, 0.1) is 11.3 Å². The van der Waals surface area contributed by atoms with Crippen molar-refractivity contribution in [3.63, 3.8) is 0 Å². The molecule has 0 atom stereocenters. The monoisotopic (exact) mass is 289 g/mol. The van der Waals surface area contributed by atoms with Crippen molar-refractivity contribution >= 4 is 23.0 Å². The first-order valence-corrected chi connectivity index (χ1v) is 7.22. The summed E-state index contributed by atoms with van der Waals surface area (Å²) in [4.78, 5) is 27.0. The number of aromatic nitrogens is 4. The second-order valence-electron chi connectivity index (χ2n) is 5.94. The van der Waals surface area contributed by atoms with Crippen molar-refractivity contribution in [2.24, 2.45) is 11.3 Å². The molecular weight excluding hydrogens is 270 g/mol. The standard InChI is InChI=1S/C14H19N5O2/c1-9-2-4-14(5-3-9,13(20)21)6-15-11-10-12(17-7-16-10)19-8-18-11/h7-9H,2-6H2,1H3,(H,20,21)(H2,15,16,17,18,19). The molecule has 0 spiro atoms. The first-order chi connectivity index (χ1) is 10.1. The van der Waals surface area contributed by atoms with E-state index < -0.39 is 11.4 Å². The molecule has 0 radical (unpaired) electrons. The highest BCUT2D eigenvalue weighted by atomic mass is 16.4. The summed E-state index contributed by atoms with van der Waals surface area (Å²) in [6.07, 6.45) is 6.30. The Morgan fingerprint density at radius 2 is 2.19 bits per heavy atom. The Morgan fingerprint density at radius 1 is 1.43 bits per heavy atom. The van der Waals surface area contributed by atoms with Gasteiger partial charge in [-0.3, -0.25) is 4.79 Å². The van der Waals surface area contributed by atoms with Gasteiger partial charge in [-0.1, -0.05) is 6.92 Å². The molecule has 0 aliphatic heterocycles. The van der Waals surface area contributed by atoms with Crippen LogP contribution in [-0.4, -0.2) is 37.6 Å². The third kappa shape index (κ3) is 2.55. The van der Waals surface area contributed by atoms with Gasteiger partial charge in [0.2, 0.25) is 0 Å². The van der Waals surface area contributed by atoms with Crippen molar-refractivity contribution in [3.8, 4) is 0 Å². The molecule has 2 heterocycles. The lowest BCUT2D eigenvalue weighted by molar-refractivity contribution is -0.150. The fraction of sp³-hybridized carbons (Fsp3) is 0.571. The number of hydrogen-bond acceptors (Lipinski definition) is 5. The zero-order valence-electron chi connectivity index (χ0n) is 12.0. The van der Waals surface area contributed by atoms with Gasteiger partial charge in [-0.15, -0.1) is 0 Å². The molecule has 3 N–H and O–H groups in total. The maximum absolute atomic E-state index is 11.7. The number of hydrogen-bond donors (Lipinski definition) is 3. The summed E-state index contributed by atoms with van der Waals surface area (Å²) in [5.74, 6) is 0.490. The van der Waals surface area contributed by atoms with Gasteiger partial charge in [-0.2, -0.15) is 0 Å². The quantitative estimate of drug-likeness (QED) is 0.795. The molecule has 0 bridgehead atoms. The van der Waals surface area contributed by atoms with E-state index in [-0.39, 0.29) is 0 Å². The number of anilines is 1. The number of nitrogens with zero attached hydrogens (tertiary/aromatic N) is 3. The zero-order chi connectivity index (χ0) is 14.9. The molecule has 2 aromatic rings. The highest BCUT2D eigenvalue weighted by Crippen LogP contribution is 2.39. The number of H-pyrrole nitrogens is 1. The van der Waals surface area contributed by atoms with Crippen molar-refractivity contribution in [1.29, 1.82) is 0 Å². The summed E-state index contributed by atoms with van der Waals surface area (Å²) in [5.41, 5.74) is 0.584. The van der Waals surface area contributed by atoms with E-state index in [1.165, 1.54) is 6.33 Å². The average Bonchev–Trinajstić information content (AvgIpc) is 2.96. The number of carbonyl (C=O) groups is 1. The van der Waals surface area contributed by atoms with Crippen LogP contribution < -0.4 is 5.32 Å². The number of nitrogens with one attached hydrogen (secondary N) is 2. The van der Waals surface area contributed by atoms with Crippen LogP contribution >= 0.6 is 0 Å². The van der Waals surface area contributed by atoms with Crippen molar-refractivity contribution in [2.75, 3.05) is 11.9 Å². The van der Waals surface area contributed by atoms with Crippen LogP contribution in [0.1, 0.15) is 32.6 Å². The van der Waals surface area contributed by atoms with E-state index in [9.17, 15) is 9.90 Å². The van der Waals surface area contributed by atoms with Crippen molar-refractivity contribution in [3.05, 3.63) is 12.7 Å². The lowest BCUT2D eigenvalue weighted by Crippen LogP contribution is -2.41. The fourth-order valence-electron chi connectivity index (χ4n) is 2.93. The molecule has 0 saturated heterocycles. The number of aromatic amines is 1. The van der Waals surface area contributed by atoms with Gasteiger partial charge in [0.15, 0.2) is 11.5 Å². The van der Waals surface area contributed by atoms with Crippen molar-refractivity contribution in [2.45, 2.75) is 32.6 Å². The van der Waals surface area contributed by atoms with E-state index in [4.69, 9.17) is 0 Å². The maximum Gasteiger partial charge on any atom is 0.311 e. The summed E-state index contributed by atoms with van der Waals surface area (Å²) in [7, 11) is 0. The summed E-state index contributed by atoms with van der Waals surface area (Å²) in [6.45, 7) is 2.55. The van der Waals surface area contributed by atoms with Gasteiger partial charge >= 0.3 is 5.97 Å². The maximum atomic E-state index is 11.7. The Hall–Kier alpha value is -2.18. The molecule has 1 aliphatic carbocycles. The minimum absolute atomic E-state index is 0.375. The van der Waals surface area contributed by atoms with E-state index in [2.05, 4.69) is 32.2 Å². The Balaban J connectivity index is 1.78. The second-order valence-corrected chi connectivity index (χ2v) is 5.94. The van der Waals surface area contributed by atoms with Crippen LogP contribution in [0.2, 0.25) is 0 Å². The smallest absolute Gasteiger partial charge is 0.311 e.